The maximum Gasteiger partial charge on any atom is 0.407 e. The molecule has 1 atom stereocenters. The maximum absolute atomic E-state index is 13.4. The average molecular weight is 576 g/mol. The van der Waals surface area contributed by atoms with Crippen LogP contribution in [-0.4, -0.2) is 55.7 Å². The van der Waals surface area contributed by atoms with Crippen LogP contribution in [0.4, 0.5) is 10.5 Å². The molecular weight excluding hydrogens is 546 g/mol. The Kier molecular flexibility index (Phi) is 7.38. The first-order valence-corrected chi connectivity index (χ1v) is 13.9. The van der Waals surface area contributed by atoms with Gasteiger partial charge >= 0.3 is 12.1 Å². The molecule has 216 valence electrons. The number of carbonyl (C=O) groups is 4. The van der Waals surface area contributed by atoms with Crippen LogP contribution >= 0.6 is 0 Å². The van der Waals surface area contributed by atoms with E-state index >= 15 is 0 Å². The average Bonchev–Trinajstić information content (AvgIpc) is 3.47. The van der Waals surface area contributed by atoms with Crippen molar-refractivity contribution in [3.8, 4) is 11.1 Å². The van der Waals surface area contributed by atoms with Gasteiger partial charge in [-0.15, -0.1) is 0 Å². The van der Waals surface area contributed by atoms with Crippen molar-refractivity contribution in [2.75, 3.05) is 25.6 Å². The molecule has 4 aromatic carbocycles. The maximum atomic E-state index is 13.4. The number of carbonyl (C=O) groups excluding carboxylic acids is 4. The number of fused-ring (bicyclic) bond motifs is 4. The number of amides is 3. The number of hydrogen-bond acceptors (Lipinski definition) is 7. The fourth-order valence-electron chi connectivity index (χ4n) is 5.55. The van der Waals surface area contributed by atoms with E-state index in [9.17, 15) is 19.2 Å². The highest BCUT2D eigenvalue weighted by Crippen LogP contribution is 2.44. The molecule has 6 rings (SSSR count). The Bertz CT molecular complexity index is 1650. The lowest BCUT2D eigenvalue weighted by Gasteiger charge is -2.21. The fraction of sp³-hybridized carbons (Fsp3) is 0.176. The fourth-order valence-corrected chi connectivity index (χ4v) is 5.55. The summed E-state index contributed by atoms with van der Waals surface area (Å²) in [6.07, 6.45) is -0.781. The molecule has 2 aliphatic rings. The summed E-state index contributed by atoms with van der Waals surface area (Å²) in [5, 5.41) is 3.04. The summed E-state index contributed by atoms with van der Waals surface area (Å²) in [5.41, 5.74) is 6.26. The van der Waals surface area contributed by atoms with Crippen molar-refractivity contribution < 1.29 is 28.8 Å². The number of ether oxygens (including phenoxy) is 1. The van der Waals surface area contributed by atoms with Crippen molar-refractivity contribution in [3.63, 3.8) is 0 Å². The number of rotatable bonds is 8. The second-order valence-electron chi connectivity index (χ2n) is 10.6. The minimum absolute atomic E-state index is 0.0416. The van der Waals surface area contributed by atoms with Gasteiger partial charge in [0, 0.05) is 32.1 Å². The van der Waals surface area contributed by atoms with Gasteiger partial charge in [0.05, 0.1) is 11.1 Å². The molecule has 0 fully saturated rings. The summed E-state index contributed by atoms with van der Waals surface area (Å²) >= 11 is 0. The van der Waals surface area contributed by atoms with Crippen molar-refractivity contribution in [1.29, 1.82) is 0 Å². The Labute approximate surface area is 248 Å². The van der Waals surface area contributed by atoms with Gasteiger partial charge in [-0.3, -0.25) is 9.59 Å². The summed E-state index contributed by atoms with van der Waals surface area (Å²) in [6, 6.07) is 28.4. The third-order valence-corrected chi connectivity index (χ3v) is 7.75. The van der Waals surface area contributed by atoms with Crippen molar-refractivity contribution in [2.24, 2.45) is 0 Å². The lowest BCUT2D eigenvalue weighted by atomic mass is 9.98. The number of imide groups is 1. The molecule has 1 N–H and O–H groups in total. The second kappa shape index (κ2) is 11.4. The Morgan fingerprint density at radius 1 is 0.767 bits per heavy atom. The Hall–Kier alpha value is -5.44. The predicted octanol–water partition coefficient (Wildman–Crippen LogP) is 4.96. The van der Waals surface area contributed by atoms with Gasteiger partial charge in [-0.25, -0.2) is 9.59 Å². The van der Waals surface area contributed by atoms with E-state index in [4.69, 9.17) is 9.57 Å². The number of benzene rings is 4. The van der Waals surface area contributed by atoms with Gasteiger partial charge in [-0.2, -0.15) is 0 Å². The van der Waals surface area contributed by atoms with Crippen LogP contribution < -0.4 is 10.2 Å². The largest absolute Gasteiger partial charge is 0.449 e. The quantitative estimate of drug-likeness (QED) is 0.296. The summed E-state index contributed by atoms with van der Waals surface area (Å²) < 4.78 is 5.66. The standard InChI is InChI=1S/C34H29N3O6/c1-36(2)22-17-15-21(16-18-22)19-30(33(40)43-37-31(38)27-13-7-8-14-28(27)32(37)39)35-34(41)42-20-29-25-11-5-3-9-23(25)24-10-4-6-12-26(24)29/h3-18,29-30H,19-20H2,1-2H3,(H,35,41)/t30-/m0/s1. The molecule has 1 aliphatic carbocycles. The van der Waals surface area contributed by atoms with Crippen molar-refractivity contribution in [2.45, 2.75) is 18.4 Å². The number of hydroxylamine groups is 2. The lowest BCUT2D eigenvalue weighted by molar-refractivity contribution is -0.171. The molecule has 43 heavy (non-hydrogen) atoms. The van der Waals surface area contributed by atoms with E-state index in [1.807, 2.05) is 91.8 Å². The molecule has 0 saturated heterocycles. The number of hydrogen-bond donors (Lipinski definition) is 1. The Morgan fingerprint density at radius 3 is 1.81 bits per heavy atom. The second-order valence-corrected chi connectivity index (χ2v) is 10.6. The molecule has 0 bridgehead atoms. The molecule has 0 spiro atoms. The molecule has 9 heteroatoms. The summed E-state index contributed by atoms with van der Waals surface area (Å²) in [4.78, 5) is 59.4. The molecule has 1 heterocycles. The Balaban J connectivity index is 1.19. The number of alkyl carbamates (subject to hydrolysis) is 1. The summed E-state index contributed by atoms with van der Waals surface area (Å²) in [5.74, 6) is -2.63. The topological polar surface area (TPSA) is 105 Å². The molecule has 0 radical (unpaired) electrons. The van der Waals surface area contributed by atoms with E-state index in [1.165, 1.54) is 12.1 Å². The van der Waals surface area contributed by atoms with E-state index in [-0.39, 0.29) is 30.1 Å². The van der Waals surface area contributed by atoms with Gasteiger partial charge in [0.2, 0.25) is 0 Å². The highest BCUT2D eigenvalue weighted by Gasteiger charge is 2.40. The van der Waals surface area contributed by atoms with E-state index in [1.54, 1.807) is 12.1 Å². The molecule has 0 aromatic heterocycles. The SMILES string of the molecule is CN(C)c1ccc(C[C@H](NC(=O)OCC2c3ccccc3-c3ccccc32)C(=O)ON2C(=O)c3ccccc3C2=O)cc1. The minimum atomic E-state index is -1.25. The van der Waals surface area contributed by atoms with Crippen LogP contribution in [0.2, 0.25) is 0 Å². The van der Waals surface area contributed by atoms with E-state index in [0.717, 1.165) is 33.5 Å². The zero-order chi connectivity index (χ0) is 30.1. The third kappa shape index (κ3) is 5.32. The molecule has 1 aliphatic heterocycles. The van der Waals surface area contributed by atoms with Crippen LogP contribution in [0.15, 0.2) is 97.1 Å². The Morgan fingerprint density at radius 2 is 1.28 bits per heavy atom. The molecule has 0 unspecified atom stereocenters. The van der Waals surface area contributed by atoms with Gasteiger partial charge in [-0.1, -0.05) is 77.9 Å². The van der Waals surface area contributed by atoms with Crippen LogP contribution in [0.1, 0.15) is 43.3 Å². The first-order chi connectivity index (χ1) is 20.8. The first-order valence-electron chi connectivity index (χ1n) is 13.9. The summed E-state index contributed by atoms with van der Waals surface area (Å²) in [6.45, 7) is 0.0531. The first kappa shape index (κ1) is 27.7. The van der Waals surface area contributed by atoms with Crippen molar-refractivity contribution >= 4 is 29.6 Å². The van der Waals surface area contributed by atoms with Gasteiger partial charge in [0.15, 0.2) is 0 Å². The minimum Gasteiger partial charge on any atom is -0.449 e. The van der Waals surface area contributed by atoms with Crippen molar-refractivity contribution in [1.82, 2.24) is 10.4 Å². The normalized spacial score (nSPS) is 14.0. The van der Waals surface area contributed by atoms with Crippen LogP contribution in [-0.2, 0) is 20.8 Å². The molecule has 0 saturated carbocycles. The highest BCUT2D eigenvalue weighted by atomic mass is 16.7. The molecule has 4 aromatic rings. The van der Waals surface area contributed by atoms with Crippen LogP contribution in [0.3, 0.4) is 0 Å². The zero-order valence-electron chi connectivity index (χ0n) is 23.7. The lowest BCUT2D eigenvalue weighted by Crippen LogP contribution is -2.47. The van der Waals surface area contributed by atoms with Crippen molar-refractivity contribution in [3.05, 3.63) is 125 Å². The highest BCUT2D eigenvalue weighted by molar-refractivity contribution is 6.21. The smallest absolute Gasteiger partial charge is 0.407 e. The van der Waals surface area contributed by atoms with Gasteiger partial charge in [0.1, 0.15) is 12.6 Å². The zero-order valence-corrected chi connectivity index (χ0v) is 23.7. The molecule has 3 amide bonds. The summed E-state index contributed by atoms with van der Waals surface area (Å²) in [7, 11) is 3.83. The predicted molar refractivity (Wildman–Crippen MR) is 159 cm³/mol. The van der Waals surface area contributed by atoms with E-state index in [0.29, 0.717) is 5.06 Å². The van der Waals surface area contributed by atoms with Gasteiger partial charge in [-0.05, 0) is 52.1 Å². The monoisotopic (exact) mass is 575 g/mol. The van der Waals surface area contributed by atoms with Crippen LogP contribution in [0, 0.1) is 0 Å². The van der Waals surface area contributed by atoms with E-state index in [2.05, 4.69) is 5.32 Å². The third-order valence-electron chi connectivity index (χ3n) is 7.75. The van der Waals surface area contributed by atoms with Gasteiger partial charge in [0.25, 0.3) is 11.8 Å². The van der Waals surface area contributed by atoms with Crippen LogP contribution in [0.25, 0.3) is 11.1 Å². The number of anilines is 1. The van der Waals surface area contributed by atoms with Crippen LogP contribution in [0.5, 0.6) is 0 Å². The number of nitrogens with zero attached hydrogens (tertiary/aromatic N) is 2. The van der Waals surface area contributed by atoms with E-state index < -0.39 is 29.9 Å². The molecular formula is C34H29N3O6. The number of nitrogens with one attached hydrogen (secondary N) is 1. The molecule has 9 nitrogen and oxygen atoms in total. The van der Waals surface area contributed by atoms with Gasteiger partial charge < -0.3 is 19.8 Å².